The molecule has 9 rings (SSSR count). The second-order valence-corrected chi connectivity index (χ2v) is 13.3. The van der Waals surface area contributed by atoms with E-state index in [1.807, 2.05) is 0 Å². The summed E-state index contributed by atoms with van der Waals surface area (Å²) in [5, 5.41) is 5.13. The highest BCUT2D eigenvalue weighted by Crippen LogP contribution is 2.59. The summed E-state index contributed by atoms with van der Waals surface area (Å²) < 4.78 is 0. The Labute approximate surface area is 276 Å². The SMILES string of the molecule is C/C=C(\C1=C(N)c2ccccc2C1(C)C)c1ccc2c3c(cccc13)-c1c-2c(-c2ccccc2)c2ccccc2c1-c1ccccc1. The molecule has 2 N–H and O–H groups in total. The predicted molar refractivity (Wildman–Crippen MR) is 201 cm³/mol. The number of fused-ring (bicyclic) bond motifs is 5. The first-order chi connectivity index (χ1) is 23.0. The lowest BCUT2D eigenvalue weighted by molar-refractivity contribution is 0.657. The van der Waals surface area contributed by atoms with Crippen molar-refractivity contribution in [2.24, 2.45) is 5.73 Å². The Bertz CT molecular complexity index is 2380. The molecule has 0 radical (unpaired) electrons. The van der Waals surface area contributed by atoms with Gasteiger partial charge in [-0.25, -0.2) is 0 Å². The highest BCUT2D eigenvalue weighted by Gasteiger charge is 2.39. The lowest BCUT2D eigenvalue weighted by atomic mass is 9.75. The number of nitrogens with two attached hydrogens (primary N) is 1. The normalized spacial score (nSPS) is 14.6. The summed E-state index contributed by atoms with van der Waals surface area (Å²) in [6, 6.07) is 51.0. The summed E-state index contributed by atoms with van der Waals surface area (Å²) in [7, 11) is 0. The molecule has 2 aliphatic carbocycles. The first-order valence-corrected chi connectivity index (χ1v) is 16.5. The summed E-state index contributed by atoms with van der Waals surface area (Å²) in [5.41, 5.74) is 24.1. The van der Waals surface area contributed by atoms with Gasteiger partial charge in [0.05, 0.1) is 0 Å². The molecule has 0 spiro atoms. The molecule has 0 aromatic heterocycles. The lowest BCUT2D eigenvalue weighted by Crippen LogP contribution is -2.19. The number of allylic oxidation sites excluding steroid dienone is 3. The minimum atomic E-state index is -0.215. The molecule has 0 atom stereocenters. The van der Waals surface area contributed by atoms with Crippen molar-refractivity contribution in [1.29, 1.82) is 0 Å². The fourth-order valence-electron chi connectivity index (χ4n) is 8.63. The van der Waals surface area contributed by atoms with Crippen molar-refractivity contribution in [3.05, 3.63) is 168 Å². The molecule has 1 heteroatoms. The van der Waals surface area contributed by atoms with E-state index in [0.29, 0.717) is 0 Å². The number of hydrogen-bond acceptors (Lipinski definition) is 1. The van der Waals surface area contributed by atoms with Gasteiger partial charge < -0.3 is 5.73 Å². The third kappa shape index (κ3) is 3.77. The van der Waals surface area contributed by atoms with Gasteiger partial charge in [0.25, 0.3) is 0 Å². The van der Waals surface area contributed by atoms with E-state index in [2.05, 4.69) is 166 Å². The van der Waals surface area contributed by atoms with Crippen LogP contribution in [0.25, 0.3) is 77.3 Å². The summed E-state index contributed by atoms with van der Waals surface area (Å²) >= 11 is 0. The molecule has 0 amide bonds. The Morgan fingerprint density at radius 3 is 1.62 bits per heavy atom. The summed E-state index contributed by atoms with van der Waals surface area (Å²) in [4.78, 5) is 0. The molecule has 0 aliphatic heterocycles. The van der Waals surface area contributed by atoms with Crippen LogP contribution in [0.2, 0.25) is 0 Å². The van der Waals surface area contributed by atoms with Crippen molar-refractivity contribution >= 4 is 32.8 Å². The third-order valence-electron chi connectivity index (χ3n) is 10.6. The predicted octanol–water partition coefficient (Wildman–Crippen LogP) is 12.0. The van der Waals surface area contributed by atoms with Gasteiger partial charge in [-0.3, -0.25) is 0 Å². The maximum Gasteiger partial charge on any atom is 0.0438 e. The van der Waals surface area contributed by atoms with Crippen LogP contribution >= 0.6 is 0 Å². The van der Waals surface area contributed by atoms with Crippen molar-refractivity contribution in [2.75, 3.05) is 0 Å². The quantitative estimate of drug-likeness (QED) is 0.213. The van der Waals surface area contributed by atoms with E-state index in [1.54, 1.807) is 0 Å². The van der Waals surface area contributed by atoms with Gasteiger partial charge in [-0.2, -0.15) is 0 Å². The van der Waals surface area contributed by atoms with Gasteiger partial charge in [0, 0.05) is 16.7 Å². The average molecular weight is 602 g/mol. The van der Waals surface area contributed by atoms with Gasteiger partial charge >= 0.3 is 0 Å². The summed E-state index contributed by atoms with van der Waals surface area (Å²) in [6.45, 7) is 6.77. The maximum absolute atomic E-state index is 7.03. The molecule has 1 nitrogen and oxygen atoms in total. The van der Waals surface area contributed by atoms with E-state index < -0.39 is 0 Å². The maximum atomic E-state index is 7.03. The van der Waals surface area contributed by atoms with Gasteiger partial charge in [-0.05, 0) is 95.2 Å². The number of hydrogen-bond donors (Lipinski definition) is 1. The van der Waals surface area contributed by atoms with E-state index in [1.165, 1.54) is 88.3 Å². The van der Waals surface area contributed by atoms with E-state index in [0.717, 1.165) is 11.3 Å². The molecule has 7 aromatic carbocycles. The molecule has 0 fully saturated rings. The molecule has 2 aliphatic rings. The van der Waals surface area contributed by atoms with Gasteiger partial charge in [0.1, 0.15) is 0 Å². The minimum Gasteiger partial charge on any atom is -0.398 e. The molecule has 0 saturated carbocycles. The fraction of sp³-hybridized carbons (Fsp3) is 0.0870. The molecule has 0 bridgehead atoms. The minimum absolute atomic E-state index is 0.215. The fourth-order valence-corrected chi connectivity index (χ4v) is 8.63. The van der Waals surface area contributed by atoms with Crippen LogP contribution in [0.5, 0.6) is 0 Å². The van der Waals surface area contributed by atoms with E-state index in [9.17, 15) is 0 Å². The average Bonchev–Trinajstić information content (AvgIpc) is 3.54. The zero-order chi connectivity index (χ0) is 31.9. The van der Waals surface area contributed by atoms with Crippen molar-refractivity contribution in [2.45, 2.75) is 26.2 Å². The molecule has 0 unspecified atom stereocenters. The Kier molecular flexibility index (Phi) is 5.98. The molecule has 47 heavy (non-hydrogen) atoms. The van der Waals surface area contributed by atoms with Crippen LogP contribution < -0.4 is 5.73 Å². The Balaban J connectivity index is 1.39. The summed E-state index contributed by atoms with van der Waals surface area (Å²) in [5.74, 6) is 0. The highest BCUT2D eigenvalue weighted by atomic mass is 14.6. The number of rotatable bonds is 4. The van der Waals surface area contributed by atoms with Crippen molar-refractivity contribution in [3.8, 4) is 44.5 Å². The third-order valence-corrected chi connectivity index (χ3v) is 10.6. The molecule has 0 heterocycles. The smallest absolute Gasteiger partial charge is 0.0438 e. The Hall–Kier alpha value is -5.66. The molecule has 0 saturated heterocycles. The highest BCUT2D eigenvalue weighted by molar-refractivity contribution is 6.28. The molecule has 224 valence electrons. The van der Waals surface area contributed by atoms with Crippen LogP contribution in [0, 0.1) is 0 Å². The van der Waals surface area contributed by atoms with Gasteiger partial charge in [0.2, 0.25) is 0 Å². The van der Waals surface area contributed by atoms with Gasteiger partial charge in [0.15, 0.2) is 0 Å². The second-order valence-electron chi connectivity index (χ2n) is 13.3. The lowest BCUT2D eigenvalue weighted by Gasteiger charge is -2.27. The Morgan fingerprint density at radius 2 is 1.02 bits per heavy atom. The van der Waals surface area contributed by atoms with Crippen LogP contribution in [0.3, 0.4) is 0 Å². The monoisotopic (exact) mass is 601 g/mol. The van der Waals surface area contributed by atoms with Gasteiger partial charge in [-0.15, -0.1) is 0 Å². The van der Waals surface area contributed by atoms with Crippen LogP contribution in [0.15, 0.2) is 151 Å². The van der Waals surface area contributed by atoms with E-state index in [4.69, 9.17) is 5.73 Å². The number of benzene rings is 7. The topological polar surface area (TPSA) is 26.0 Å². The van der Waals surface area contributed by atoms with Gasteiger partial charge in [-0.1, -0.05) is 159 Å². The van der Waals surface area contributed by atoms with Crippen LogP contribution in [0.1, 0.15) is 37.5 Å². The van der Waals surface area contributed by atoms with Crippen LogP contribution in [-0.2, 0) is 5.41 Å². The summed E-state index contributed by atoms with van der Waals surface area (Å²) in [6.07, 6.45) is 2.26. The van der Waals surface area contributed by atoms with E-state index in [-0.39, 0.29) is 5.41 Å². The Morgan fingerprint density at radius 1 is 0.511 bits per heavy atom. The first kappa shape index (κ1) is 27.6. The molecular formula is C46H35N. The zero-order valence-corrected chi connectivity index (χ0v) is 26.9. The molecule has 7 aromatic rings. The van der Waals surface area contributed by atoms with E-state index >= 15 is 0 Å². The van der Waals surface area contributed by atoms with Crippen molar-refractivity contribution in [3.63, 3.8) is 0 Å². The largest absolute Gasteiger partial charge is 0.398 e. The van der Waals surface area contributed by atoms with Crippen molar-refractivity contribution < 1.29 is 0 Å². The van der Waals surface area contributed by atoms with Crippen molar-refractivity contribution in [1.82, 2.24) is 0 Å². The zero-order valence-electron chi connectivity index (χ0n) is 26.9. The van der Waals surface area contributed by atoms with Crippen LogP contribution in [-0.4, -0.2) is 0 Å². The first-order valence-electron chi connectivity index (χ1n) is 16.5. The molecular weight excluding hydrogens is 567 g/mol. The van der Waals surface area contributed by atoms with Crippen LogP contribution in [0.4, 0.5) is 0 Å². The standard InChI is InChI=1S/C46H35N/c1-4-30(44-45(47)35-22-13-14-25-38(35)46(44,2)3)31-26-27-37-41-32(31)23-15-24-36(41)42-39(28-16-7-5-8-17-28)33-20-11-12-21-34(33)40(43(37)42)29-18-9-6-10-19-29/h4-27H,47H2,1-3H3/b30-4-. The second kappa shape index (κ2) is 10.2.